The number of H-pyrrole nitrogens is 2. The van der Waals surface area contributed by atoms with Crippen LogP contribution in [0.3, 0.4) is 0 Å². The minimum Gasteiger partial charge on any atom is -0.453 e. The summed E-state index contributed by atoms with van der Waals surface area (Å²) >= 11 is 0. The van der Waals surface area contributed by atoms with E-state index in [2.05, 4.69) is 88.1 Å². The molecule has 15 nitrogen and oxygen atoms in total. The van der Waals surface area contributed by atoms with Crippen LogP contribution in [-0.2, 0) is 19.1 Å². The van der Waals surface area contributed by atoms with Gasteiger partial charge in [-0.2, -0.15) is 0 Å². The Morgan fingerprint density at radius 3 is 1.54 bits per heavy atom. The lowest BCUT2D eigenvalue weighted by molar-refractivity contribution is -0.139. The number of aromatic amines is 2. The zero-order valence-electron chi connectivity index (χ0n) is 39.1. The Labute approximate surface area is 391 Å². The number of fused-ring (bicyclic) bond motifs is 1. The standard InChI is InChI=1S/C52H61N9O6/c1-29(2)45(58-51(64)66-5)49(62)59-25-7-9-41(59)47-54-27-39(56-47)33-15-11-31(12-16-33)37-23-24-38(44-36-21-19-35(20-22-36)43(37)44)32-13-17-34(18-14-32)40-28-55-48(57-40)42-10-8-26-60(42)50(63)46(30(3)4)61(53)52(65)67-6/h11-19,21,23-24,27-30,35-36,41-42,45-46H,7-10,20,22,25-26,53H2,1-6H3,(H,54,56)(H,55,57)(H,58,64)/t35?,36?,41-,42-,45-,46-/m0/s1. The van der Waals surface area contributed by atoms with Crippen LogP contribution >= 0.6 is 0 Å². The summed E-state index contributed by atoms with van der Waals surface area (Å²) in [6, 6.07) is 19.8. The minimum absolute atomic E-state index is 0.107. The van der Waals surface area contributed by atoms with Gasteiger partial charge in [-0.1, -0.05) is 101 Å². The molecule has 2 fully saturated rings. The van der Waals surface area contributed by atoms with Crippen molar-refractivity contribution in [3.05, 3.63) is 108 Å². The SMILES string of the molecule is COC(=O)N[C@H](C(=O)N1CCC[C@H]1c1ncc(-c2ccc(-c3ccc(-c4ccc(-c5cnc([C@@H]6CCCN6C(=O)[C@H](C(C)C)N(N)C(=O)OC)[nH]5)cc4)c4c3C3C=CC4CC3)cc2)[nH]1)C(C)C. The lowest BCUT2D eigenvalue weighted by Crippen LogP contribution is -2.56. The van der Waals surface area contributed by atoms with Crippen molar-refractivity contribution in [1.82, 2.24) is 40.1 Å². The Hall–Kier alpha value is -6.74. The number of rotatable bonds is 12. The topological polar surface area (TPSA) is 192 Å². The van der Waals surface area contributed by atoms with Gasteiger partial charge < -0.3 is 34.6 Å². The number of benzene rings is 3. The number of aromatic nitrogens is 4. The van der Waals surface area contributed by atoms with E-state index in [0.29, 0.717) is 30.7 Å². The first-order valence-electron chi connectivity index (χ1n) is 23.6. The third-order valence-corrected chi connectivity index (χ3v) is 14.3. The Bertz CT molecular complexity index is 2670. The van der Waals surface area contributed by atoms with Crippen molar-refractivity contribution in [2.75, 3.05) is 27.3 Å². The molecule has 0 radical (unpaired) electrons. The number of hydrazine groups is 1. The first kappa shape index (κ1) is 45.4. The highest BCUT2D eigenvalue weighted by atomic mass is 16.5. The molecule has 0 spiro atoms. The molecule has 4 heterocycles. The highest BCUT2D eigenvalue weighted by molar-refractivity contribution is 5.87. The van der Waals surface area contributed by atoms with Crippen molar-refractivity contribution < 1.29 is 28.7 Å². The maximum atomic E-state index is 13.8. The molecule has 6 atom stereocenters. The Kier molecular flexibility index (Phi) is 12.8. The number of nitrogens with two attached hydrogens (primary N) is 1. The second-order valence-electron chi connectivity index (χ2n) is 19.0. The molecule has 2 bridgehead atoms. The molecular weight excluding hydrogens is 847 g/mol. The highest BCUT2D eigenvalue weighted by Crippen LogP contribution is 2.52. The summed E-state index contributed by atoms with van der Waals surface area (Å²) in [5.74, 6) is 7.54. The molecule has 67 heavy (non-hydrogen) atoms. The van der Waals surface area contributed by atoms with Crippen LogP contribution in [0.25, 0.3) is 44.8 Å². The summed E-state index contributed by atoms with van der Waals surface area (Å²) in [4.78, 5) is 72.0. The Morgan fingerprint density at radius 1 is 0.657 bits per heavy atom. The Morgan fingerprint density at radius 2 is 1.12 bits per heavy atom. The molecule has 3 aromatic carbocycles. The van der Waals surface area contributed by atoms with E-state index in [1.165, 1.54) is 36.5 Å². The van der Waals surface area contributed by atoms with Crippen molar-refractivity contribution in [2.24, 2.45) is 17.7 Å². The summed E-state index contributed by atoms with van der Waals surface area (Å²) in [5.41, 5.74) is 11.4. The molecule has 2 aromatic heterocycles. The second kappa shape index (κ2) is 18.9. The van der Waals surface area contributed by atoms with Crippen molar-refractivity contribution >= 4 is 24.0 Å². The summed E-state index contributed by atoms with van der Waals surface area (Å²) in [7, 11) is 2.55. The van der Waals surface area contributed by atoms with Gasteiger partial charge in [0.15, 0.2) is 0 Å². The van der Waals surface area contributed by atoms with E-state index >= 15 is 0 Å². The van der Waals surface area contributed by atoms with Crippen LogP contribution in [0.1, 0.15) is 113 Å². The predicted molar refractivity (Wildman–Crippen MR) is 255 cm³/mol. The number of amides is 4. The molecule has 4 amide bonds. The highest BCUT2D eigenvalue weighted by Gasteiger charge is 2.41. The van der Waals surface area contributed by atoms with Gasteiger partial charge in [0.1, 0.15) is 23.7 Å². The number of ether oxygens (including phenoxy) is 2. The third-order valence-electron chi connectivity index (χ3n) is 14.3. The summed E-state index contributed by atoms with van der Waals surface area (Å²) < 4.78 is 9.62. The first-order chi connectivity index (χ1) is 32.4. The van der Waals surface area contributed by atoms with Gasteiger partial charge in [0.25, 0.3) is 0 Å². The second-order valence-corrected chi connectivity index (χ2v) is 19.0. The summed E-state index contributed by atoms with van der Waals surface area (Å²) in [6.45, 7) is 8.71. The van der Waals surface area contributed by atoms with Crippen LogP contribution in [-0.4, -0.2) is 98.1 Å². The van der Waals surface area contributed by atoms with Gasteiger partial charge in [-0.05, 0) is 94.9 Å². The molecule has 5 aliphatic rings. The van der Waals surface area contributed by atoms with Gasteiger partial charge in [-0.3, -0.25) is 9.59 Å². The van der Waals surface area contributed by atoms with Gasteiger partial charge in [0.05, 0.1) is 50.1 Å². The number of carbonyl (C=O) groups is 4. The molecule has 5 N–H and O–H groups in total. The monoisotopic (exact) mass is 907 g/mol. The van der Waals surface area contributed by atoms with Crippen molar-refractivity contribution in [1.29, 1.82) is 0 Å². The number of nitrogens with one attached hydrogen (secondary N) is 3. The zero-order valence-corrected chi connectivity index (χ0v) is 39.1. The number of hydrogen-bond donors (Lipinski definition) is 4. The van der Waals surface area contributed by atoms with E-state index in [1.807, 2.05) is 45.0 Å². The molecular formula is C52H61N9O6. The van der Waals surface area contributed by atoms with Gasteiger partial charge >= 0.3 is 12.2 Å². The fraction of sp³-hybridized carbons (Fsp3) is 0.423. The van der Waals surface area contributed by atoms with Crippen molar-refractivity contribution in [3.63, 3.8) is 0 Å². The molecule has 0 saturated carbocycles. The smallest absolute Gasteiger partial charge is 0.424 e. The number of hydrogen-bond acceptors (Lipinski definition) is 9. The van der Waals surface area contributed by atoms with E-state index in [1.54, 1.807) is 4.90 Å². The van der Waals surface area contributed by atoms with Gasteiger partial charge in [-0.25, -0.2) is 30.4 Å². The number of methoxy groups -OCH3 is 2. The molecule has 5 aromatic rings. The van der Waals surface area contributed by atoms with Crippen LogP contribution in [0.4, 0.5) is 9.59 Å². The molecule has 15 heteroatoms. The number of nitrogens with zero attached hydrogens (tertiary/aromatic N) is 5. The maximum absolute atomic E-state index is 13.8. The minimum atomic E-state index is -0.859. The van der Waals surface area contributed by atoms with E-state index < -0.39 is 24.3 Å². The van der Waals surface area contributed by atoms with Crippen LogP contribution in [0.15, 0.2) is 85.2 Å². The molecule has 3 aliphatic carbocycles. The quantitative estimate of drug-likeness (QED) is 0.0409. The first-order valence-corrected chi connectivity index (χ1v) is 23.6. The number of likely N-dealkylation sites (tertiary alicyclic amines) is 2. The maximum Gasteiger partial charge on any atom is 0.424 e. The average Bonchev–Trinajstić information content (AvgIpc) is 4.20. The molecule has 2 unspecified atom stereocenters. The Balaban J connectivity index is 0.925. The van der Waals surface area contributed by atoms with Crippen molar-refractivity contribution in [3.8, 4) is 44.8 Å². The molecule has 2 saturated heterocycles. The molecule has 350 valence electrons. The van der Waals surface area contributed by atoms with Gasteiger partial charge in [0.2, 0.25) is 11.8 Å². The molecule has 2 aliphatic heterocycles. The number of imidazole rings is 2. The number of carbonyl (C=O) groups excluding carboxylic acids is 4. The fourth-order valence-corrected chi connectivity index (χ4v) is 10.8. The summed E-state index contributed by atoms with van der Waals surface area (Å²) in [5, 5.41) is 3.62. The van der Waals surface area contributed by atoms with Crippen molar-refractivity contribution in [2.45, 2.75) is 102 Å². The largest absolute Gasteiger partial charge is 0.453 e. The van der Waals surface area contributed by atoms with E-state index in [9.17, 15) is 19.2 Å². The van der Waals surface area contributed by atoms with Crippen LogP contribution in [0, 0.1) is 11.8 Å². The third kappa shape index (κ3) is 8.61. The van der Waals surface area contributed by atoms with Crippen LogP contribution in [0.2, 0.25) is 0 Å². The summed E-state index contributed by atoms with van der Waals surface area (Å²) in [6.07, 6.45) is 12.5. The number of alkyl carbamates (subject to hydrolysis) is 1. The van der Waals surface area contributed by atoms with Crippen LogP contribution in [0.5, 0.6) is 0 Å². The van der Waals surface area contributed by atoms with E-state index in [4.69, 9.17) is 25.3 Å². The molecule has 10 rings (SSSR count). The lowest BCUT2D eigenvalue weighted by atomic mass is 9.67. The van der Waals surface area contributed by atoms with E-state index in [0.717, 1.165) is 83.0 Å². The van der Waals surface area contributed by atoms with E-state index in [-0.39, 0.29) is 35.7 Å². The van der Waals surface area contributed by atoms with Gasteiger partial charge in [-0.15, -0.1) is 0 Å². The van der Waals surface area contributed by atoms with Gasteiger partial charge in [0, 0.05) is 24.9 Å². The normalized spacial score (nSPS) is 20.6. The zero-order chi connectivity index (χ0) is 47.1. The fourth-order valence-electron chi connectivity index (χ4n) is 10.8. The average molecular weight is 908 g/mol. The predicted octanol–water partition coefficient (Wildman–Crippen LogP) is 9.01. The number of allylic oxidation sites excluding steroid dienone is 2. The van der Waals surface area contributed by atoms with Crippen LogP contribution < -0.4 is 11.2 Å². The lowest BCUT2D eigenvalue weighted by Gasteiger charge is -2.37.